The lowest BCUT2D eigenvalue weighted by atomic mass is 10.1. The number of para-hydroxylation sites is 1. The van der Waals surface area contributed by atoms with Gasteiger partial charge in [0.15, 0.2) is 11.5 Å². The number of benzene rings is 1. The van der Waals surface area contributed by atoms with Crippen molar-refractivity contribution in [1.29, 1.82) is 0 Å². The van der Waals surface area contributed by atoms with E-state index >= 15 is 0 Å². The summed E-state index contributed by atoms with van der Waals surface area (Å²) in [5.41, 5.74) is 1.68. The molecule has 0 amide bonds. The van der Waals surface area contributed by atoms with Crippen LogP contribution in [0.3, 0.4) is 0 Å². The fourth-order valence-electron chi connectivity index (χ4n) is 2.55. The zero-order valence-corrected chi connectivity index (χ0v) is 11.0. The zero-order chi connectivity index (χ0) is 13.4. The Kier molecular flexibility index (Phi) is 2.98. The molecular formula is C14H16N2O3. The number of fused-ring (bicyclic) bond motifs is 1. The Balaban J connectivity index is 2.03. The van der Waals surface area contributed by atoms with Gasteiger partial charge in [-0.25, -0.2) is 9.78 Å². The van der Waals surface area contributed by atoms with Gasteiger partial charge in [-0.2, -0.15) is 0 Å². The Morgan fingerprint density at radius 2 is 2.37 bits per heavy atom. The summed E-state index contributed by atoms with van der Waals surface area (Å²) in [6, 6.07) is 5.35. The van der Waals surface area contributed by atoms with E-state index in [2.05, 4.69) is 16.9 Å². The molecule has 2 heterocycles. The second-order valence-electron chi connectivity index (χ2n) is 4.95. The molecule has 3 rings (SSSR count). The van der Waals surface area contributed by atoms with Gasteiger partial charge in [0.1, 0.15) is 11.1 Å². The number of oxazole rings is 1. The number of likely N-dealkylation sites (tertiary alicyclic amines) is 1. The number of esters is 1. The van der Waals surface area contributed by atoms with E-state index in [1.54, 1.807) is 12.1 Å². The highest BCUT2D eigenvalue weighted by atomic mass is 16.5. The van der Waals surface area contributed by atoms with Crippen molar-refractivity contribution >= 4 is 17.1 Å². The Hall–Kier alpha value is -1.88. The molecule has 0 spiro atoms. The van der Waals surface area contributed by atoms with Crippen molar-refractivity contribution in [3.63, 3.8) is 0 Å². The average molecular weight is 260 g/mol. The topological polar surface area (TPSA) is 55.6 Å². The summed E-state index contributed by atoms with van der Waals surface area (Å²) in [5.74, 6) is 0.635. The van der Waals surface area contributed by atoms with E-state index in [1.807, 2.05) is 6.07 Å². The molecule has 1 aromatic heterocycles. The minimum absolute atomic E-state index is 0.308. The summed E-state index contributed by atoms with van der Waals surface area (Å²) in [5, 5.41) is 0. The van der Waals surface area contributed by atoms with Crippen LogP contribution in [-0.2, 0) is 4.74 Å². The second kappa shape index (κ2) is 4.66. The van der Waals surface area contributed by atoms with Gasteiger partial charge in [0.2, 0.25) is 0 Å². The number of ether oxygens (including phenoxy) is 1. The number of carbonyl (C=O) groups excluding carboxylic acids is 1. The largest absolute Gasteiger partial charge is 0.465 e. The van der Waals surface area contributed by atoms with Crippen LogP contribution in [0.1, 0.15) is 28.6 Å². The monoisotopic (exact) mass is 260 g/mol. The maximum atomic E-state index is 11.7. The lowest BCUT2D eigenvalue weighted by Gasteiger charge is -2.05. The van der Waals surface area contributed by atoms with Gasteiger partial charge in [0.25, 0.3) is 0 Å². The number of methoxy groups -OCH3 is 1. The van der Waals surface area contributed by atoms with Crippen LogP contribution in [0.2, 0.25) is 0 Å². The first kappa shape index (κ1) is 12.2. The van der Waals surface area contributed by atoms with Crippen LogP contribution >= 0.6 is 0 Å². The molecular weight excluding hydrogens is 244 g/mol. The molecule has 5 heteroatoms. The minimum Gasteiger partial charge on any atom is -0.465 e. The fraction of sp³-hybridized carbons (Fsp3) is 0.429. The number of aromatic nitrogens is 1. The molecule has 100 valence electrons. The smallest absolute Gasteiger partial charge is 0.341 e. The molecule has 0 unspecified atom stereocenters. The van der Waals surface area contributed by atoms with Gasteiger partial charge in [-0.05, 0) is 32.1 Å². The summed E-state index contributed by atoms with van der Waals surface area (Å²) >= 11 is 0. The molecule has 0 saturated carbocycles. The van der Waals surface area contributed by atoms with E-state index in [0.717, 1.165) is 25.4 Å². The molecule has 1 aliphatic heterocycles. The first-order valence-corrected chi connectivity index (χ1v) is 6.35. The summed E-state index contributed by atoms with van der Waals surface area (Å²) in [6.07, 6.45) is 1.04. The molecule has 1 saturated heterocycles. The third-order valence-electron chi connectivity index (χ3n) is 3.58. The van der Waals surface area contributed by atoms with E-state index in [9.17, 15) is 4.79 Å². The van der Waals surface area contributed by atoms with Gasteiger partial charge < -0.3 is 14.1 Å². The average Bonchev–Trinajstić information content (AvgIpc) is 3.02. The summed E-state index contributed by atoms with van der Waals surface area (Å²) in [4.78, 5) is 18.4. The van der Waals surface area contributed by atoms with Gasteiger partial charge >= 0.3 is 5.97 Å². The molecule has 1 fully saturated rings. The van der Waals surface area contributed by atoms with Crippen LogP contribution in [-0.4, -0.2) is 43.1 Å². The van der Waals surface area contributed by atoms with Gasteiger partial charge in [-0.3, -0.25) is 0 Å². The van der Waals surface area contributed by atoms with Crippen molar-refractivity contribution in [3.8, 4) is 0 Å². The highest BCUT2D eigenvalue weighted by Gasteiger charge is 2.26. The molecule has 19 heavy (non-hydrogen) atoms. The lowest BCUT2D eigenvalue weighted by Crippen LogP contribution is -2.13. The summed E-state index contributed by atoms with van der Waals surface area (Å²) < 4.78 is 10.6. The molecule has 0 aliphatic carbocycles. The fourth-order valence-corrected chi connectivity index (χ4v) is 2.55. The SMILES string of the molecule is COC(=O)c1cccc2nc([C@H]3CCN(C)C3)oc12. The van der Waals surface area contributed by atoms with Crippen LogP contribution < -0.4 is 0 Å². The van der Waals surface area contributed by atoms with Crippen LogP contribution in [0.25, 0.3) is 11.1 Å². The van der Waals surface area contributed by atoms with Crippen molar-refractivity contribution in [2.45, 2.75) is 12.3 Å². The van der Waals surface area contributed by atoms with Crippen LogP contribution in [0.5, 0.6) is 0 Å². The van der Waals surface area contributed by atoms with Crippen molar-refractivity contribution in [3.05, 3.63) is 29.7 Å². The van der Waals surface area contributed by atoms with E-state index in [1.165, 1.54) is 7.11 Å². The summed E-state index contributed by atoms with van der Waals surface area (Å²) in [7, 11) is 3.45. The number of carbonyl (C=O) groups is 1. The van der Waals surface area contributed by atoms with Crippen molar-refractivity contribution in [2.75, 3.05) is 27.2 Å². The first-order chi connectivity index (χ1) is 9.19. The third-order valence-corrected chi connectivity index (χ3v) is 3.58. The Labute approximate surface area is 111 Å². The van der Waals surface area contributed by atoms with Gasteiger partial charge in [-0.1, -0.05) is 6.07 Å². The maximum absolute atomic E-state index is 11.7. The lowest BCUT2D eigenvalue weighted by molar-refractivity contribution is 0.0601. The van der Waals surface area contributed by atoms with E-state index in [4.69, 9.17) is 9.15 Å². The minimum atomic E-state index is -0.392. The second-order valence-corrected chi connectivity index (χ2v) is 4.95. The number of nitrogens with zero attached hydrogens (tertiary/aromatic N) is 2. The standard InChI is InChI=1S/C14H16N2O3/c1-16-7-6-9(8-16)13-15-11-5-3-4-10(12(11)19-13)14(17)18-2/h3-5,9H,6-8H2,1-2H3/t9-/m0/s1. The van der Waals surface area contributed by atoms with Crippen molar-refractivity contribution in [2.24, 2.45) is 0 Å². The highest BCUT2D eigenvalue weighted by molar-refractivity contribution is 6.00. The predicted molar refractivity (Wildman–Crippen MR) is 70.2 cm³/mol. The third kappa shape index (κ3) is 2.10. The Bertz CT molecular complexity index is 620. The molecule has 5 nitrogen and oxygen atoms in total. The number of hydrogen-bond donors (Lipinski definition) is 0. The quantitative estimate of drug-likeness (QED) is 0.773. The Morgan fingerprint density at radius 1 is 1.53 bits per heavy atom. The number of hydrogen-bond acceptors (Lipinski definition) is 5. The maximum Gasteiger partial charge on any atom is 0.341 e. The molecule has 1 aromatic carbocycles. The van der Waals surface area contributed by atoms with Crippen LogP contribution in [0, 0.1) is 0 Å². The van der Waals surface area contributed by atoms with Crippen molar-refractivity contribution < 1.29 is 13.9 Å². The predicted octanol–water partition coefficient (Wildman–Crippen LogP) is 2.03. The Morgan fingerprint density at radius 3 is 3.05 bits per heavy atom. The molecule has 0 bridgehead atoms. The summed E-state index contributed by atoms with van der Waals surface area (Å²) in [6.45, 7) is 1.99. The van der Waals surface area contributed by atoms with Gasteiger partial charge in [-0.15, -0.1) is 0 Å². The van der Waals surface area contributed by atoms with Crippen LogP contribution in [0.15, 0.2) is 22.6 Å². The number of rotatable bonds is 2. The molecule has 1 atom stereocenters. The number of likely N-dealkylation sites (N-methyl/N-ethyl adjacent to an activating group) is 1. The van der Waals surface area contributed by atoms with E-state index in [-0.39, 0.29) is 0 Å². The zero-order valence-electron chi connectivity index (χ0n) is 11.0. The highest BCUT2D eigenvalue weighted by Crippen LogP contribution is 2.29. The molecule has 1 aliphatic rings. The van der Waals surface area contributed by atoms with Crippen molar-refractivity contribution in [1.82, 2.24) is 9.88 Å². The molecule has 0 N–H and O–H groups in total. The van der Waals surface area contributed by atoms with Gasteiger partial charge in [0, 0.05) is 12.5 Å². The molecule has 2 aromatic rings. The van der Waals surface area contributed by atoms with Crippen LogP contribution in [0.4, 0.5) is 0 Å². The normalized spacial score (nSPS) is 20.0. The first-order valence-electron chi connectivity index (χ1n) is 6.35. The van der Waals surface area contributed by atoms with E-state index in [0.29, 0.717) is 22.6 Å². The molecule has 0 radical (unpaired) electrons. The van der Waals surface area contributed by atoms with Gasteiger partial charge in [0.05, 0.1) is 7.11 Å². The van der Waals surface area contributed by atoms with E-state index < -0.39 is 5.97 Å².